The molecule has 0 heterocycles. The van der Waals surface area contributed by atoms with Crippen molar-refractivity contribution < 1.29 is 19.1 Å². The van der Waals surface area contributed by atoms with E-state index in [0.29, 0.717) is 6.42 Å². The number of ether oxygens (including phenoxy) is 1. The number of carbonyl (C=O) groups is 3. The highest BCUT2D eigenvalue weighted by Gasteiger charge is 2.27. The largest absolute Gasteiger partial charge is 0.468 e. The molecule has 0 amide bonds. The van der Waals surface area contributed by atoms with E-state index in [0.717, 1.165) is 6.42 Å². The van der Waals surface area contributed by atoms with Crippen LogP contribution in [-0.4, -0.2) is 24.6 Å². The molecule has 90 valence electrons. The summed E-state index contributed by atoms with van der Waals surface area (Å²) in [5.74, 6) is -1.98. The van der Waals surface area contributed by atoms with Gasteiger partial charge in [-0.15, -0.1) is 6.58 Å². The number of Topliss-reactive ketones (excluding diaryl/α,β-unsaturated/α-hetero) is 2. The highest BCUT2D eigenvalue weighted by atomic mass is 16.5. The fourth-order valence-corrected chi connectivity index (χ4v) is 1.35. The highest BCUT2D eigenvalue weighted by Crippen LogP contribution is 2.12. The molecule has 0 radical (unpaired) electrons. The molecule has 0 aliphatic rings. The molecule has 0 aliphatic carbocycles. The van der Waals surface area contributed by atoms with Crippen molar-refractivity contribution in [3.05, 3.63) is 12.7 Å². The second-order valence-corrected chi connectivity index (χ2v) is 3.63. The average molecular weight is 226 g/mol. The maximum Gasteiger partial charge on any atom is 0.316 e. The molecule has 0 fully saturated rings. The summed E-state index contributed by atoms with van der Waals surface area (Å²) in [6.07, 6.45) is 3.29. The van der Waals surface area contributed by atoms with Crippen LogP contribution in [0.15, 0.2) is 12.7 Å². The molecule has 0 N–H and O–H groups in total. The van der Waals surface area contributed by atoms with Crippen LogP contribution in [-0.2, 0) is 19.1 Å². The zero-order valence-electron chi connectivity index (χ0n) is 9.82. The lowest BCUT2D eigenvalue weighted by Crippen LogP contribution is -2.27. The Bertz CT molecular complexity index is 281. The van der Waals surface area contributed by atoms with Crippen LogP contribution in [0.4, 0.5) is 0 Å². The average Bonchev–Trinajstić information content (AvgIpc) is 2.24. The van der Waals surface area contributed by atoms with Crippen molar-refractivity contribution in [1.82, 2.24) is 0 Å². The summed E-state index contributed by atoms with van der Waals surface area (Å²) in [5.41, 5.74) is 0. The van der Waals surface area contributed by atoms with Crippen LogP contribution in [0, 0.1) is 5.92 Å². The summed E-state index contributed by atoms with van der Waals surface area (Å²) in [6.45, 7) is 4.90. The first-order chi connectivity index (χ1) is 7.52. The Morgan fingerprint density at radius 2 is 2.00 bits per heavy atom. The molecule has 0 saturated heterocycles. The summed E-state index contributed by atoms with van der Waals surface area (Å²) < 4.78 is 4.51. The van der Waals surface area contributed by atoms with E-state index in [9.17, 15) is 14.4 Å². The van der Waals surface area contributed by atoms with Gasteiger partial charge in [0.05, 0.1) is 7.11 Å². The van der Waals surface area contributed by atoms with Gasteiger partial charge in [-0.05, 0) is 19.8 Å². The predicted octanol–water partition coefficient (Wildman–Crippen LogP) is 1.68. The van der Waals surface area contributed by atoms with Gasteiger partial charge in [-0.1, -0.05) is 6.08 Å². The molecule has 0 aliphatic heterocycles. The van der Waals surface area contributed by atoms with Crippen LogP contribution in [0.3, 0.4) is 0 Å². The number of unbranched alkanes of at least 4 members (excludes halogenated alkanes) is 1. The van der Waals surface area contributed by atoms with Gasteiger partial charge in [0.2, 0.25) is 0 Å². The van der Waals surface area contributed by atoms with E-state index < -0.39 is 11.9 Å². The molecular formula is C12H18O4. The Balaban J connectivity index is 4.37. The van der Waals surface area contributed by atoms with Gasteiger partial charge in [0, 0.05) is 12.8 Å². The monoisotopic (exact) mass is 226 g/mol. The van der Waals surface area contributed by atoms with E-state index in [1.165, 1.54) is 14.0 Å². The van der Waals surface area contributed by atoms with E-state index in [4.69, 9.17) is 0 Å². The van der Waals surface area contributed by atoms with Crippen molar-refractivity contribution in [2.24, 2.45) is 5.92 Å². The quantitative estimate of drug-likeness (QED) is 0.273. The summed E-state index contributed by atoms with van der Waals surface area (Å²) in [5, 5.41) is 0. The number of ketones is 2. The van der Waals surface area contributed by atoms with Crippen LogP contribution < -0.4 is 0 Å². The lowest BCUT2D eigenvalue weighted by Gasteiger charge is -2.11. The van der Waals surface area contributed by atoms with Crippen molar-refractivity contribution in [2.75, 3.05) is 7.11 Å². The van der Waals surface area contributed by atoms with Crippen LogP contribution in [0.1, 0.15) is 32.6 Å². The number of hydrogen-bond donors (Lipinski definition) is 0. The maximum absolute atomic E-state index is 11.7. The molecule has 4 heteroatoms. The van der Waals surface area contributed by atoms with Crippen LogP contribution in [0.25, 0.3) is 0 Å². The highest BCUT2D eigenvalue weighted by molar-refractivity contribution is 6.02. The van der Waals surface area contributed by atoms with E-state index in [-0.39, 0.29) is 24.4 Å². The Kier molecular flexibility index (Phi) is 7.09. The second kappa shape index (κ2) is 7.79. The lowest BCUT2D eigenvalue weighted by atomic mass is 9.94. The third-order valence-electron chi connectivity index (χ3n) is 2.20. The van der Waals surface area contributed by atoms with Gasteiger partial charge in [-0.3, -0.25) is 14.4 Å². The molecule has 0 rings (SSSR count). The van der Waals surface area contributed by atoms with Gasteiger partial charge in [0.25, 0.3) is 0 Å². The number of allylic oxidation sites excluding steroid dienone is 1. The van der Waals surface area contributed by atoms with Gasteiger partial charge in [0.1, 0.15) is 17.5 Å². The van der Waals surface area contributed by atoms with Crippen molar-refractivity contribution in [3.63, 3.8) is 0 Å². The molecule has 1 unspecified atom stereocenters. The maximum atomic E-state index is 11.7. The zero-order valence-corrected chi connectivity index (χ0v) is 9.82. The van der Waals surface area contributed by atoms with E-state index in [1.54, 1.807) is 6.08 Å². The molecule has 16 heavy (non-hydrogen) atoms. The Morgan fingerprint density at radius 3 is 2.44 bits per heavy atom. The van der Waals surface area contributed by atoms with Crippen molar-refractivity contribution in [1.29, 1.82) is 0 Å². The van der Waals surface area contributed by atoms with Gasteiger partial charge in [-0.2, -0.15) is 0 Å². The van der Waals surface area contributed by atoms with Gasteiger partial charge >= 0.3 is 5.97 Å². The van der Waals surface area contributed by atoms with Crippen molar-refractivity contribution in [3.8, 4) is 0 Å². The molecular weight excluding hydrogens is 208 g/mol. The van der Waals surface area contributed by atoms with E-state index in [2.05, 4.69) is 11.3 Å². The summed E-state index contributed by atoms with van der Waals surface area (Å²) in [7, 11) is 1.21. The smallest absolute Gasteiger partial charge is 0.316 e. The van der Waals surface area contributed by atoms with E-state index >= 15 is 0 Å². The summed E-state index contributed by atoms with van der Waals surface area (Å²) in [4.78, 5) is 33.9. The number of carbonyl (C=O) groups excluding carboxylic acids is 3. The number of esters is 1. The molecule has 0 spiro atoms. The minimum atomic E-state index is -0.938. The second-order valence-electron chi connectivity index (χ2n) is 3.63. The Hall–Kier alpha value is -1.45. The first-order valence-corrected chi connectivity index (χ1v) is 5.23. The van der Waals surface area contributed by atoms with Crippen molar-refractivity contribution >= 4 is 17.5 Å². The predicted molar refractivity (Wildman–Crippen MR) is 59.9 cm³/mol. The fourth-order valence-electron chi connectivity index (χ4n) is 1.35. The molecule has 0 bridgehead atoms. The topological polar surface area (TPSA) is 60.4 Å². The summed E-state index contributed by atoms with van der Waals surface area (Å²) >= 11 is 0. The molecule has 1 atom stereocenters. The third kappa shape index (κ3) is 5.44. The van der Waals surface area contributed by atoms with Crippen LogP contribution >= 0.6 is 0 Å². The Morgan fingerprint density at radius 1 is 1.38 bits per heavy atom. The molecule has 4 nitrogen and oxygen atoms in total. The third-order valence-corrected chi connectivity index (χ3v) is 2.20. The first kappa shape index (κ1) is 14.6. The van der Waals surface area contributed by atoms with Gasteiger partial charge in [-0.25, -0.2) is 0 Å². The minimum absolute atomic E-state index is 0.0698. The standard InChI is InChI=1S/C12H18O4/c1-4-5-6-7-11(14)10(8-9(2)13)12(15)16-3/h4,10H,1,5-8H2,2-3H3. The van der Waals surface area contributed by atoms with Gasteiger partial charge in [0.15, 0.2) is 0 Å². The van der Waals surface area contributed by atoms with E-state index in [1.807, 2.05) is 0 Å². The molecule has 0 aromatic carbocycles. The SMILES string of the molecule is C=CCCCC(=O)C(CC(C)=O)C(=O)OC. The molecule has 0 aromatic rings. The van der Waals surface area contributed by atoms with Crippen LogP contribution in [0.5, 0.6) is 0 Å². The van der Waals surface area contributed by atoms with Crippen molar-refractivity contribution in [2.45, 2.75) is 32.6 Å². The zero-order chi connectivity index (χ0) is 12.6. The lowest BCUT2D eigenvalue weighted by molar-refractivity contribution is -0.151. The van der Waals surface area contributed by atoms with Gasteiger partial charge < -0.3 is 4.74 Å². The molecule has 0 aromatic heterocycles. The summed E-state index contributed by atoms with van der Waals surface area (Å²) in [6, 6.07) is 0. The normalized spacial score (nSPS) is 11.6. The number of rotatable bonds is 8. The first-order valence-electron chi connectivity index (χ1n) is 5.23. The molecule has 0 saturated carbocycles. The number of hydrogen-bond acceptors (Lipinski definition) is 4. The number of methoxy groups -OCH3 is 1. The minimum Gasteiger partial charge on any atom is -0.468 e. The Labute approximate surface area is 95.7 Å². The fraction of sp³-hybridized carbons (Fsp3) is 0.583. The van der Waals surface area contributed by atoms with Crippen LogP contribution in [0.2, 0.25) is 0 Å².